The number of nitrogens with one attached hydrogen (secondary N) is 1. The van der Waals surface area contributed by atoms with Gasteiger partial charge in [-0.05, 0) is 41.5 Å². The zero-order valence-corrected chi connectivity index (χ0v) is 31.2. The normalized spacial score (nSPS) is 12.5. The summed E-state index contributed by atoms with van der Waals surface area (Å²) in [7, 11) is 1.00. The molecule has 0 aliphatic carbocycles. The van der Waals surface area contributed by atoms with Crippen LogP contribution in [0.5, 0.6) is 0 Å². The number of hydrogen-bond donors (Lipinski definition) is 2. The minimum absolute atomic E-state index is 0.0108. The van der Waals surface area contributed by atoms with E-state index in [1.165, 1.54) is 0 Å². The summed E-state index contributed by atoms with van der Waals surface area (Å²) < 4.78 is 29.9. The number of hydrogen-bond acceptors (Lipinski definition) is 10. The van der Waals surface area contributed by atoms with E-state index in [1.807, 2.05) is 83.1 Å². The molecule has 1 amide bonds. The number of ether oxygens (including phenoxy) is 5. The number of Topliss-reactive ketones (excluding diaryl/α,β-unsaturated/α-hetero) is 3. The standard InChI is InChI=1S/C34H63NO9.CH4O/c1-24(2)28(36)13-16-40-21-34(22-41-17-14-29(37)25(3)4,23-42-18-15-30(38)26(5)6)35-31(39)19-32(9,10)43-20-33(11,12)44-27(7)8;1-2/h24-27H,13-23H2,1-12H3,(H,35,39);2H,1H3. The van der Waals surface area contributed by atoms with Crippen LogP contribution in [0.2, 0.25) is 0 Å². The van der Waals surface area contributed by atoms with E-state index in [0.717, 1.165) is 7.11 Å². The summed E-state index contributed by atoms with van der Waals surface area (Å²) in [6, 6.07) is 0. The van der Waals surface area contributed by atoms with Crippen LogP contribution in [0.1, 0.15) is 109 Å². The maximum Gasteiger partial charge on any atom is 0.223 e. The third kappa shape index (κ3) is 22.7. The van der Waals surface area contributed by atoms with Crippen molar-refractivity contribution < 1.29 is 48.0 Å². The van der Waals surface area contributed by atoms with Crippen molar-refractivity contribution in [1.82, 2.24) is 5.32 Å². The summed E-state index contributed by atoms with van der Waals surface area (Å²) in [5.74, 6) is -0.387. The van der Waals surface area contributed by atoms with Crippen molar-refractivity contribution in [1.29, 1.82) is 0 Å². The molecule has 0 aromatic heterocycles. The highest BCUT2D eigenvalue weighted by Gasteiger charge is 2.36. The molecular weight excluding hydrogens is 594 g/mol. The van der Waals surface area contributed by atoms with E-state index < -0.39 is 16.7 Å². The molecule has 11 heteroatoms. The number of carbonyl (C=O) groups is 4. The molecular formula is C35H67NO10. The van der Waals surface area contributed by atoms with Gasteiger partial charge in [-0.2, -0.15) is 0 Å². The molecule has 0 spiro atoms. The summed E-state index contributed by atoms with van der Waals surface area (Å²) in [6.07, 6.45) is 0.789. The second kappa shape index (κ2) is 23.5. The van der Waals surface area contributed by atoms with E-state index in [2.05, 4.69) is 5.32 Å². The first-order valence-electron chi connectivity index (χ1n) is 16.6. The van der Waals surface area contributed by atoms with Crippen LogP contribution in [0.25, 0.3) is 0 Å². The van der Waals surface area contributed by atoms with E-state index in [1.54, 1.807) is 0 Å². The topological polar surface area (TPSA) is 147 Å². The lowest BCUT2D eigenvalue weighted by molar-refractivity contribution is -0.150. The van der Waals surface area contributed by atoms with E-state index in [9.17, 15) is 19.2 Å². The third-order valence-corrected chi connectivity index (χ3v) is 6.90. The maximum atomic E-state index is 13.5. The van der Waals surface area contributed by atoms with Gasteiger partial charge in [0.15, 0.2) is 0 Å². The molecule has 0 aromatic rings. The molecule has 0 fully saturated rings. The van der Waals surface area contributed by atoms with Crippen molar-refractivity contribution in [3.8, 4) is 0 Å². The molecule has 0 saturated heterocycles. The zero-order chi connectivity index (χ0) is 36.1. The molecule has 0 rings (SSSR count). The molecule has 0 atom stereocenters. The van der Waals surface area contributed by atoms with E-state index in [0.29, 0.717) is 6.61 Å². The van der Waals surface area contributed by atoms with Crippen LogP contribution in [-0.2, 0) is 42.9 Å². The van der Waals surface area contributed by atoms with Gasteiger partial charge in [0.05, 0.1) is 70.0 Å². The minimum Gasteiger partial charge on any atom is -0.400 e. The van der Waals surface area contributed by atoms with Crippen LogP contribution in [0.3, 0.4) is 0 Å². The first kappa shape index (κ1) is 46.4. The number of carbonyl (C=O) groups excluding carboxylic acids is 4. The van der Waals surface area contributed by atoms with Gasteiger partial charge in [0.1, 0.15) is 22.9 Å². The molecule has 0 saturated carbocycles. The van der Waals surface area contributed by atoms with E-state index in [4.69, 9.17) is 28.8 Å². The maximum absolute atomic E-state index is 13.5. The highest BCUT2D eigenvalue weighted by atomic mass is 16.6. The van der Waals surface area contributed by atoms with Gasteiger partial charge in [0.2, 0.25) is 5.91 Å². The van der Waals surface area contributed by atoms with Crippen molar-refractivity contribution in [2.75, 3.05) is 53.4 Å². The molecule has 46 heavy (non-hydrogen) atoms. The highest BCUT2D eigenvalue weighted by Crippen LogP contribution is 2.21. The second-order valence-electron chi connectivity index (χ2n) is 14.3. The average molecular weight is 662 g/mol. The fraction of sp³-hybridized carbons (Fsp3) is 0.886. The monoisotopic (exact) mass is 661 g/mol. The molecule has 0 bridgehead atoms. The molecule has 0 unspecified atom stereocenters. The molecule has 0 heterocycles. The van der Waals surface area contributed by atoms with Crippen molar-refractivity contribution in [3.05, 3.63) is 0 Å². The molecule has 0 aromatic carbocycles. The number of rotatable bonds is 26. The van der Waals surface area contributed by atoms with Gasteiger partial charge in [-0.1, -0.05) is 41.5 Å². The zero-order valence-electron chi connectivity index (χ0n) is 31.2. The van der Waals surface area contributed by atoms with Crippen LogP contribution in [0.4, 0.5) is 0 Å². The quantitative estimate of drug-likeness (QED) is 0.125. The third-order valence-electron chi connectivity index (χ3n) is 6.90. The van der Waals surface area contributed by atoms with Crippen LogP contribution in [-0.4, -0.2) is 105 Å². The lowest BCUT2D eigenvalue weighted by atomic mass is 9.99. The van der Waals surface area contributed by atoms with Gasteiger partial charge in [0.25, 0.3) is 0 Å². The number of ketones is 3. The van der Waals surface area contributed by atoms with Crippen molar-refractivity contribution >= 4 is 23.3 Å². The van der Waals surface area contributed by atoms with E-state index >= 15 is 0 Å². The fourth-order valence-corrected chi connectivity index (χ4v) is 4.24. The Hall–Kier alpha value is -1.76. The Morgan fingerprint density at radius 2 is 0.935 bits per heavy atom. The average Bonchev–Trinajstić information content (AvgIpc) is 2.94. The van der Waals surface area contributed by atoms with Gasteiger partial charge >= 0.3 is 0 Å². The molecule has 0 radical (unpaired) electrons. The molecule has 2 N–H and O–H groups in total. The Balaban J connectivity index is 0. The molecule has 0 aliphatic rings. The largest absolute Gasteiger partial charge is 0.400 e. The Labute approximate surface area is 279 Å². The number of amides is 1. The van der Waals surface area contributed by atoms with Crippen LogP contribution in [0, 0.1) is 17.8 Å². The second-order valence-corrected chi connectivity index (χ2v) is 14.3. The van der Waals surface area contributed by atoms with Crippen molar-refractivity contribution in [2.24, 2.45) is 17.8 Å². The minimum atomic E-state index is -1.13. The lowest BCUT2D eigenvalue weighted by Crippen LogP contribution is -2.59. The van der Waals surface area contributed by atoms with Gasteiger partial charge in [-0.3, -0.25) is 19.2 Å². The Morgan fingerprint density at radius 1 is 0.587 bits per heavy atom. The predicted molar refractivity (Wildman–Crippen MR) is 180 cm³/mol. The van der Waals surface area contributed by atoms with Crippen LogP contribution >= 0.6 is 0 Å². The molecule has 0 aliphatic heterocycles. The number of aliphatic hydroxyl groups is 1. The fourth-order valence-electron chi connectivity index (χ4n) is 4.24. The van der Waals surface area contributed by atoms with Gasteiger partial charge in [-0.15, -0.1) is 0 Å². The van der Waals surface area contributed by atoms with Crippen LogP contribution < -0.4 is 5.32 Å². The number of aliphatic hydroxyl groups excluding tert-OH is 1. The SMILES string of the molecule is CC(C)OC(C)(C)COC(C)(C)CC(=O)NC(COCCC(=O)C(C)C)(COCCC(=O)C(C)C)COCCC(=O)C(C)C.CO. The highest BCUT2D eigenvalue weighted by molar-refractivity contribution is 5.81. The Bertz CT molecular complexity index is 811. The van der Waals surface area contributed by atoms with Crippen molar-refractivity contribution in [2.45, 2.75) is 132 Å². The molecule has 11 nitrogen and oxygen atoms in total. The van der Waals surface area contributed by atoms with E-state index in [-0.39, 0.29) is 112 Å². The van der Waals surface area contributed by atoms with Crippen molar-refractivity contribution in [3.63, 3.8) is 0 Å². The molecule has 272 valence electrons. The lowest BCUT2D eigenvalue weighted by Gasteiger charge is -2.36. The van der Waals surface area contributed by atoms with Gasteiger partial charge < -0.3 is 34.1 Å². The summed E-state index contributed by atoms with van der Waals surface area (Å²) >= 11 is 0. The Kier molecular flexibility index (Phi) is 23.7. The summed E-state index contributed by atoms with van der Waals surface area (Å²) in [5, 5.41) is 10.1. The van der Waals surface area contributed by atoms with Gasteiger partial charge in [0, 0.05) is 44.1 Å². The first-order chi connectivity index (χ1) is 21.2. The predicted octanol–water partition coefficient (Wildman–Crippen LogP) is 4.73. The summed E-state index contributed by atoms with van der Waals surface area (Å²) in [5.41, 5.74) is -2.47. The Morgan fingerprint density at radius 3 is 1.24 bits per heavy atom. The van der Waals surface area contributed by atoms with Gasteiger partial charge in [-0.25, -0.2) is 0 Å². The van der Waals surface area contributed by atoms with Crippen LogP contribution in [0.15, 0.2) is 0 Å². The first-order valence-corrected chi connectivity index (χ1v) is 16.6. The summed E-state index contributed by atoms with van der Waals surface area (Å²) in [6.45, 7) is 23.4. The summed E-state index contributed by atoms with van der Waals surface area (Å²) in [4.78, 5) is 50.0. The smallest absolute Gasteiger partial charge is 0.223 e.